The third-order valence-electron chi connectivity index (χ3n) is 2.48. The van der Waals surface area contributed by atoms with E-state index >= 15 is 0 Å². The summed E-state index contributed by atoms with van der Waals surface area (Å²) in [6, 6.07) is 4.05. The Morgan fingerprint density at radius 2 is 2.17 bits per heavy atom. The van der Waals surface area contributed by atoms with Gasteiger partial charge in [-0.15, -0.1) is 0 Å². The molecule has 0 saturated carbocycles. The number of hydrogen-bond acceptors (Lipinski definition) is 5. The van der Waals surface area contributed by atoms with Gasteiger partial charge in [-0.3, -0.25) is 15.2 Å². The molecule has 0 bridgehead atoms. The summed E-state index contributed by atoms with van der Waals surface area (Å²) in [6.45, 7) is 3.92. The summed E-state index contributed by atoms with van der Waals surface area (Å²) < 4.78 is 0. The molecule has 2 N–H and O–H groups in total. The van der Waals surface area contributed by atoms with Crippen molar-refractivity contribution in [1.82, 2.24) is 15.2 Å². The molecule has 1 aromatic heterocycles. The van der Waals surface area contributed by atoms with E-state index in [2.05, 4.69) is 15.2 Å². The fourth-order valence-corrected chi connectivity index (χ4v) is 1.47. The fourth-order valence-electron chi connectivity index (χ4n) is 1.47. The van der Waals surface area contributed by atoms with Gasteiger partial charge in [0.25, 0.3) is 0 Å². The van der Waals surface area contributed by atoms with Crippen molar-refractivity contribution >= 4 is 5.69 Å². The number of aromatic amines is 1. The molecule has 1 heterocycles. The minimum Gasteiger partial charge on any atom is -0.502 e. The van der Waals surface area contributed by atoms with E-state index in [9.17, 15) is 15.2 Å². The minimum atomic E-state index is -0.644. The average molecular weight is 248 g/mol. The molecule has 0 radical (unpaired) electrons. The zero-order chi connectivity index (χ0) is 13.3. The third-order valence-corrected chi connectivity index (χ3v) is 2.48. The standard InChI is InChI=1S/C11H12N4O3/c1-6(2)10-12-11(14-13-10)7-3-4-9(16)8(5-7)15(17)18/h3-6,16H,1-2H3,(H,12,13,14). The van der Waals surface area contributed by atoms with Crippen LogP contribution >= 0.6 is 0 Å². The highest BCUT2D eigenvalue weighted by Crippen LogP contribution is 2.30. The molecular formula is C11H12N4O3. The van der Waals surface area contributed by atoms with E-state index in [4.69, 9.17) is 0 Å². The van der Waals surface area contributed by atoms with Crippen LogP contribution in [0.1, 0.15) is 25.6 Å². The lowest BCUT2D eigenvalue weighted by Gasteiger charge is -1.98. The van der Waals surface area contributed by atoms with Gasteiger partial charge in [0.1, 0.15) is 5.82 Å². The van der Waals surface area contributed by atoms with Crippen LogP contribution in [0.5, 0.6) is 5.75 Å². The molecule has 0 saturated heterocycles. The van der Waals surface area contributed by atoms with Gasteiger partial charge in [0, 0.05) is 17.5 Å². The molecule has 0 unspecified atom stereocenters. The number of nitro benzene ring substituents is 1. The Bertz CT molecular complexity index is 592. The predicted octanol–water partition coefficient (Wildman–Crippen LogP) is 2.21. The van der Waals surface area contributed by atoms with Crippen LogP contribution in [-0.4, -0.2) is 25.2 Å². The van der Waals surface area contributed by atoms with Crippen molar-refractivity contribution in [2.75, 3.05) is 0 Å². The molecule has 1 aromatic carbocycles. The number of benzene rings is 1. The van der Waals surface area contributed by atoms with E-state index in [1.165, 1.54) is 18.2 Å². The molecule has 0 aliphatic rings. The summed E-state index contributed by atoms with van der Waals surface area (Å²) in [4.78, 5) is 14.3. The van der Waals surface area contributed by atoms with Crippen molar-refractivity contribution in [3.05, 3.63) is 34.1 Å². The van der Waals surface area contributed by atoms with Gasteiger partial charge in [0.2, 0.25) is 0 Å². The molecule has 18 heavy (non-hydrogen) atoms. The Balaban J connectivity index is 2.44. The molecule has 2 aromatic rings. The Labute approximate surface area is 103 Å². The zero-order valence-electron chi connectivity index (χ0n) is 9.91. The van der Waals surface area contributed by atoms with Gasteiger partial charge in [-0.05, 0) is 12.1 Å². The molecule has 0 amide bonds. The molecule has 0 spiro atoms. The first-order valence-corrected chi connectivity index (χ1v) is 5.39. The monoisotopic (exact) mass is 248 g/mol. The van der Waals surface area contributed by atoms with E-state index in [0.29, 0.717) is 17.2 Å². The number of nitrogens with one attached hydrogen (secondary N) is 1. The second-order valence-corrected chi connectivity index (χ2v) is 4.16. The van der Waals surface area contributed by atoms with Crippen LogP contribution in [0, 0.1) is 10.1 Å². The second-order valence-electron chi connectivity index (χ2n) is 4.16. The van der Waals surface area contributed by atoms with Crippen LogP contribution in [0.3, 0.4) is 0 Å². The number of aromatic nitrogens is 3. The number of hydrogen-bond donors (Lipinski definition) is 2. The highest BCUT2D eigenvalue weighted by molar-refractivity contribution is 5.63. The van der Waals surface area contributed by atoms with Gasteiger partial charge in [-0.25, -0.2) is 4.98 Å². The fraction of sp³-hybridized carbons (Fsp3) is 0.273. The van der Waals surface area contributed by atoms with Crippen molar-refractivity contribution in [2.45, 2.75) is 19.8 Å². The lowest BCUT2D eigenvalue weighted by atomic mass is 10.1. The van der Waals surface area contributed by atoms with Gasteiger partial charge in [0.05, 0.1) is 4.92 Å². The molecule has 7 heteroatoms. The van der Waals surface area contributed by atoms with Crippen LogP contribution < -0.4 is 0 Å². The first-order chi connectivity index (χ1) is 8.49. The Kier molecular flexibility index (Phi) is 2.97. The lowest BCUT2D eigenvalue weighted by Crippen LogP contribution is -1.91. The van der Waals surface area contributed by atoms with E-state index in [0.717, 1.165) is 0 Å². The van der Waals surface area contributed by atoms with E-state index < -0.39 is 4.92 Å². The highest BCUT2D eigenvalue weighted by atomic mass is 16.6. The van der Waals surface area contributed by atoms with Gasteiger partial charge in [0.15, 0.2) is 11.6 Å². The number of nitrogens with zero attached hydrogens (tertiary/aromatic N) is 3. The smallest absolute Gasteiger partial charge is 0.311 e. The Hall–Kier alpha value is -2.44. The number of rotatable bonds is 3. The predicted molar refractivity (Wildman–Crippen MR) is 64.2 cm³/mol. The summed E-state index contributed by atoms with van der Waals surface area (Å²) >= 11 is 0. The molecule has 0 atom stereocenters. The topological polar surface area (TPSA) is 105 Å². The average Bonchev–Trinajstić information content (AvgIpc) is 2.78. The number of phenolic OH excluding ortho intramolecular Hbond substituents is 1. The van der Waals surface area contributed by atoms with E-state index in [1.54, 1.807) is 0 Å². The normalized spacial score (nSPS) is 10.8. The van der Waals surface area contributed by atoms with E-state index in [-0.39, 0.29) is 17.4 Å². The first kappa shape index (κ1) is 12.0. The third kappa shape index (κ3) is 2.15. The maximum Gasteiger partial charge on any atom is 0.311 e. The van der Waals surface area contributed by atoms with Crippen LogP contribution in [0.25, 0.3) is 11.4 Å². The number of phenols is 1. The SMILES string of the molecule is CC(C)c1nc(-c2ccc(O)c([N+](=O)[O-])c2)n[nH]1. The molecule has 0 fully saturated rings. The molecule has 0 aliphatic heterocycles. The summed E-state index contributed by atoms with van der Waals surface area (Å²) in [5, 5.41) is 26.8. The Morgan fingerprint density at radius 1 is 1.44 bits per heavy atom. The van der Waals surface area contributed by atoms with Crippen LogP contribution in [0.4, 0.5) is 5.69 Å². The summed E-state index contributed by atoms with van der Waals surface area (Å²) in [7, 11) is 0. The van der Waals surface area contributed by atoms with Crippen molar-refractivity contribution < 1.29 is 10.0 Å². The molecule has 7 nitrogen and oxygen atoms in total. The van der Waals surface area contributed by atoms with Crippen LogP contribution in [0.2, 0.25) is 0 Å². The summed E-state index contributed by atoms with van der Waals surface area (Å²) in [6.07, 6.45) is 0. The van der Waals surface area contributed by atoms with Crippen molar-refractivity contribution in [1.29, 1.82) is 0 Å². The quantitative estimate of drug-likeness (QED) is 0.640. The number of H-pyrrole nitrogens is 1. The van der Waals surface area contributed by atoms with Gasteiger partial charge < -0.3 is 5.11 Å². The maximum absolute atomic E-state index is 10.7. The van der Waals surface area contributed by atoms with Crippen LogP contribution in [-0.2, 0) is 0 Å². The summed E-state index contributed by atoms with van der Waals surface area (Å²) in [5.74, 6) is 0.907. The van der Waals surface area contributed by atoms with Gasteiger partial charge >= 0.3 is 5.69 Å². The Morgan fingerprint density at radius 3 is 2.72 bits per heavy atom. The molecular weight excluding hydrogens is 236 g/mol. The van der Waals surface area contributed by atoms with Crippen LogP contribution in [0.15, 0.2) is 18.2 Å². The lowest BCUT2D eigenvalue weighted by molar-refractivity contribution is -0.385. The number of nitro groups is 1. The van der Waals surface area contributed by atoms with Crippen molar-refractivity contribution in [2.24, 2.45) is 0 Å². The van der Waals surface area contributed by atoms with Gasteiger partial charge in [-0.1, -0.05) is 13.8 Å². The second kappa shape index (κ2) is 4.44. The molecule has 94 valence electrons. The van der Waals surface area contributed by atoms with E-state index in [1.807, 2.05) is 13.8 Å². The molecule has 2 rings (SSSR count). The zero-order valence-corrected chi connectivity index (χ0v) is 9.91. The maximum atomic E-state index is 10.7. The largest absolute Gasteiger partial charge is 0.502 e. The first-order valence-electron chi connectivity index (χ1n) is 5.39. The van der Waals surface area contributed by atoms with Crippen molar-refractivity contribution in [3.63, 3.8) is 0 Å². The minimum absolute atomic E-state index is 0.193. The van der Waals surface area contributed by atoms with Gasteiger partial charge in [-0.2, -0.15) is 5.10 Å². The van der Waals surface area contributed by atoms with Crippen molar-refractivity contribution in [3.8, 4) is 17.1 Å². The number of aromatic hydroxyl groups is 1. The summed E-state index contributed by atoms with van der Waals surface area (Å²) in [5.41, 5.74) is 0.131. The molecule has 0 aliphatic carbocycles. The highest BCUT2D eigenvalue weighted by Gasteiger charge is 2.16.